The van der Waals surface area contributed by atoms with Gasteiger partial charge in [-0.3, -0.25) is 0 Å². The maximum Gasteiger partial charge on any atom is 0.251 e. The maximum absolute atomic E-state index is 14.0. The van der Waals surface area contributed by atoms with E-state index in [0.29, 0.717) is 10.4 Å². The number of anilines is 1. The van der Waals surface area contributed by atoms with E-state index in [0.717, 1.165) is 15.7 Å². The van der Waals surface area contributed by atoms with Gasteiger partial charge in [-0.2, -0.15) is 0 Å². The van der Waals surface area contributed by atoms with Gasteiger partial charge >= 0.3 is 0 Å². The molecule has 0 saturated carbocycles. The van der Waals surface area contributed by atoms with Crippen molar-refractivity contribution in [2.75, 3.05) is 12.4 Å². The summed E-state index contributed by atoms with van der Waals surface area (Å²) in [6.07, 6.45) is 0. The van der Waals surface area contributed by atoms with E-state index in [1.165, 1.54) is 6.07 Å². The van der Waals surface area contributed by atoms with E-state index in [4.69, 9.17) is 4.42 Å². The average molecular weight is 427 g/mol. The molecule has 0 saturated heterocycles. The zero-order valence-corrected chi connectivity index (χ0v) is 14.6. The van der Waals surface area contributed by atoms with E-state index < -0.39 is 5.82 Å². The van der Waals surface area contributed by atoms with Crippen LogP contribution >= 0.6 is 31.9 Å². The number of hydrogen-bond acceptors (Lipinski definition) is 4. The molecule has 112 valence electrons. The Balaban J connectivity index is 2.04. The second kappa shape index (κ2) is 6.18. The molecule has 2 aromatic carbocycles. The Morgan fingerprint density at radius 2 is 1.55 bits per heavy atom. The molecule has 1 N–H and O–H groups in total. The molecule has 3 aromatic rings. The van der Waals surface area contributed by atoms with Crippen molar-refractivity contribution >= 4 is 37.5 Å². The Morgan fingerprint density at radius 3 is 2.18 bits per heavy atom. The van der Waals surface area contributed by atoms with E-state index in [1.807, 2.05) is 18.2 Å². The highest BCUT2D eigenvalue weighted by atomic mass is 79.9. The third-order valence-electron chi connectivity index (χ3n) is 3.07. The number of nitrogens with one attached hydrogen (secondary N) is 1. The van der Waals surface area contributed by atoms with Crippen LogP contribution in [0.1, 0.15) is 0 Å². The molecule has 1 heterocycles. The number of benzene rings is 2. The predicted octanol–water partition coefficient (Wildman–Crippen LogP) is 5.11. The summed E-state index contributed by atoms with van der Waals surface area (Å²) in [7, 11) is 1.80. The first-order chi connectivity index (χ1) is 10.6. The topological polar surface area (TPSA) is 51.0 Å². The van der Waals surface area contributed by atoms with Crippen LogP contribution in [0.5, 0.6) is 0 Å². The van der Waals surface area contributed by atoms with Gasteiger partial charge < -0.3 is 9.73 Å². The normalized spacial score (nSPS) is 10.7. The van der Waals surface area contributed by atoms with Gasteiger partial charge in [0, 0.05) is 21.7 Å². The molecule has 7 heteroatoms. The Labute approximate surface area is 143 Å². The molecule has 1 aromatic heterocycles. The predicted molar refractivity (Wildman–Crippen MR) is 90.1 cm³/mol. The molecule has 0 spiro atoms. The summed E-state index contributed by atoms with van der Waals surface area (Å²) in [6.45, 7) is 0. The van der Waals surface area contributed by atoms with Crippen LogP contribution in [-0.4, -0.2) is 17.2 Å². The van der Waals surface area contributed by atoms with Gasteiger partial charge in [0.05, 0.1) is 11.1 Å². The number of hydrogen-bond donors (Lipinski definition) is 1. The molecule has 0 bridgehead atoms. The van der Waals surface area contributed by atoms with E-state index in [1.54, 1.807) is 19.2 Å². The number of aromatic nitrogens is 2. The van der Waals surface area contributed by atoms with Gasteiger partial charge in [0.1, 0.15) is 5.82 Å². The van der Waals surface area contributed by atoms with Crippen LogP contribution in [0.3, 0.4) is 0 Å². The van der Waals surface area contributed by atoms with Crippen molar-refractivity contribution in [3.8, 4) is 22.9 Å². The first-order valence-corrected chi connectivity index (χ1v) is 7.93. The molecule has 0 aliphatic carbocycles. The Kier molecular flexibility index (Phi) is 4.26. The summed E-state index contributed by atoms with van der Waals surface area (Å²) < 4.78 is 21.2. The fourth-order valence-electron chi connectivity index (χ4n) is 2.01. The Hall–Kier alpha value is -1.73. The van der Waals surface area contributed by atoms with Crippen LogP contribution in [0.2, 0.25) is 0 Å². The first kappa shape index (κ1) is 15.2. The molecule has 0 unspecified atom stereocenters. The van der Waals surface area contributed by atoms with Crippen LogP contribution in [0, 0.1) is 5.82 Å². The highest BCUT2D eigenvalue weighted by Crippen LogP contribution is 2.32. The second-order valence-corrected chi connectivity index (χ2v) is 6.31. The minimum absolute atomic E-state index is 0.143. The van der Waals surface area contributed by atoms with Crippen molar-refractivity contribution in [2.24, 2.45) is 0 Å². The van der Waals surface area contributed by atoms with E-state index in [9.17, 15) is 4.39 Å². The van der Waals surface area contributed by atoms with Gasteiger partial charge in [-0.25, -0.2) is 4.39 Å². The van der Waals surface area contributed by atoms with Crippen molar-refractivity contribution in [1.29, 1.82) is 0 Å². The quantitative estimate of drug-likeness (QED) is 0.632. The number of rotatable bonds is 3. The van der Waals surface area contributed by atoms with Gasteiger partial charge in [0.25, 0.3) is 5.89 Å². The summed E-state index contributed by atoms with van der Waals surface area (Å²) in [4.78, 5) is 0. The highest BCUT2D eigenvalue weighted by Gasteiger charge is 2.16. The largest absolute Gasteiger partial charge is 0.416 e. The molecule has 0 aliphatic heterocycles. The van der Waals surface area contributed by atoms with Crippen molar-refractivity contribution in [1.82, 2.24) is 10.2 Å². The monoisotopic (exact) mass is 425 g/mol. The molecule has 0 aliphatic rings. The van der Waals surface area contributed by atoms with Gasteiger partial charge in [0.2, 0.25) is 5.89 Å². The van der Waals surface area contributed by atoms with E-state index >= 15 is 0 Å². The van der Waals surface area contributed by atoms with E-state index in [2.05, 4.69) is 47.4 Å². The van der Waals surface area contributed by atoms with Crippen molar-refractivity contribution in [3.63, 3.8) is 0 Å². The van der Waals surface area contributed by atoms with Gasteiger partial charge in [0.15, 0.2) is 0 Å². The maximum atomic E-state index is 14.0. The average Bonchev–Trinajstić information content (AvgIpc) is 2.96. The molecule has 3 rings (SSSR count). The zero-order chi connectivity index (χ0) is 15.7. The van der Waals surface area contributed by atoms with Gasteiger partial charge in [-0.15, -0.1) is 10.2 Å². The molecule has 0 atom stereocenters. The Bertz CT molecular complexity index is 835. The summed E-state index contributed by atoms with van der Waals surface area (Å²) in [6, 6.07) is 10.3. The molecule has 0 radical (unpaired) electrons. The lowest BCUT2D eigenvalue weighted by Crippen LogP contribution is -1.92. The SMILES string of the molecule is CNc1cc(Br)ccc1-c1nnc(-c2ccc(Br)cc2F)o1. The van der Waals surface area contributed by atoms with Gasteiger partial charge in [-0.1, -0.05) is 31.9 Å². The summed E-state index contributed by atoms with van der Waals surface area (Å²) in [5.74, 6) is 0.0494. The van der Waals surface area contributed by atoms with Crippen molar-refractivity contribution in [2.45, 2.75) is 0 Å². The molecule has 4 nitrogen and oxygen atoms in total. The number of halogens is 3. The summed E-state index contributed by atoms with van der Waals surface area (Å²) in [5.41, 5.74) is 1.85. The first-order valence-electron chi connectivity index (χ1n) is 6.35. The summed E-state index contributed by atoms with van der Waals surface area (Å²) >= 11 is 6.62. The van der Waals surface area contributed by atoms with Gasteiger partial charge in [-0.05, 0) is 36.4 Å². The lowest BCUT2D eigenvalue weighted by atomic mass is 10.2. The fourth-order valence-corrected chi connectivity index (χ4v) is 2.71. The lowest BCUT2D eigenvalue weighted by Gasteiger charge is -2.05. The molecular weight excluding hydrogens is 417 g/mol. The Morgan fingerprint density at radius 1 is 0.955 bits per heavy atom. The van der Waals surface area contributed by atoms with Crippen LogP contribution in [0.15, 0.2) is 49.8 Å². The summed E-state index contributed by atoms with van der Waals surface area (Å²) in [5, 5.41) is 11.0. The van der Waals surface area contributed by atoms with Crippen molar-refractivity contribution in [3.05, 3.63) is 51.2 Å². The van der Waals surface area contributed by atoms with Crippen LogP contribution in [0.25, 0.3) is 22.9 Å². The number of nitrogens with zero attached hydrogens (tertiary/aromatic N) is 2. The molecule has 0 fully saturated rings. The molecular formula is C15H10Br2FN3O. The molecule has 22 heavy (non-hydrogen) atoms. The smallest absolute Gasteiger partial charge is 0.251 e. The third-order valence-corrected chi connectivity index (χ3v) is 4.05. The fraction of sp³-hybridized carbons (Fsp3) is 0.0667. The third kappa shape index (κ3) is 2.91. The molecule has 0 amide bonds. The second-order valence-electron chi connectivity index (χ2n) is 4.48. The minimum Gasteiger partial charge on any atom is -0.416 e. The minimum atomic E-state index is -0.422. The zero-order valence-electron chi connectivity index (χ0n) is 11.4. The standard InChI is InChI=1S/C15H10Br2FN3O/c1-19-13-7-9(17)3-5-11(13)15-21-20-14(22-15)10-4-2-8(16)6-12(10)18/h2-7,19H,1H3. The van der Waals surface area contributed by atoms with Crippen LogP contribution in [0.4, 0.5) is 10.1 Å². The highest BCUT2D eigenvalue weighted by molar-refractivity contribution is 9.10. The van der Waals surface area contributed by atoms with Crippen molar-refractivity contribution < 1.29 is 8.81 Å². The van der Waals surface area contributed by atoms with E-state index in [-0.39, 0.29) is 11.5 Å². The van der Waals surface area contributed by atoms with Crippen LogP contribution in [-0.2, 0) is 0 Å². The van der Waals surface area contributed by atoms with Crippen LogP contribution < -0.4 is 5.32 Å². The lowest BCUT2D eigenvalue weighted by molar-refractivity contribution is 0.570.